The molecule has 0 spiro atoms. The fraction of sp³-hybridized carbons (Fsp3) is 0.591. The number of benzene rings is 1. The molecule has 1 aromatic heterocycles. The Labute approximate surface area is 201 Å². The standard InChI is InChI=1S/C22H32N6O2.HI/c1-3-23-22(24-12-17-6-4-5-7-19(17)30-14-16-8-9-16)25-18-10-11-21-26-20(15-29-2)27-28(21)13-18;/h4-7,16,18H,3,8-15H2,1-2H3,(H2,23,24,25);1H. The van der Waals surface area contributed by atoms with Crippen molar-refractivity contribution in [2.75, 3.05) is 20.3 Å². The fourth-order valence-corrected chi connectivity index (χ4v) is 3.61. The van der Waals surface area contributed by atoms with Gasteiger partial charge in [-0.1, -0.05) is 18.2 Å². The number of rotatable bonds is 9. The molecule has 2 heterocycles. The minimum atomic E-state index is 0. The molecular weight excluding hydrogens is 507 g/mol. The molecule has 1 aliphatic heterocycles. The van der Waals surface area contributed by atoms with Crippen LogP contribution in [0.25, 0.3) is 0 Å². The molecule has 2 aliphatic rings. The molecule has 1 atom stereocenters. The van der Waals surface area contributed by atoms with E-state index in [-0.39, 0.29) is 30.0 Å². The molecule has 1 saturated carbocycles. The van der Waals surface area contributed by atoms with Gasteiger partial charge in [-0.2, -0.15) is 5.10 Å². The lowest BCUT2D eigenvalue weighted by Gasteiger charge is -2.25. The average molecular weight is 540 g/mol. The molecule has 31 heavy (non-hydrogen) atoms. The largest absolute Gasteiger partial charge is 0.493 e. The minimum absolute atomic E-state index is 0. The van der Waals surface area contributed by atoms with E-state index in [1.165, 1.54) is 12.8 Å². The third-order valence-corrected chi connectivity index (χ3v) is 5.41. The van der Waals surface area contributed by atoms with E-state index in [1.54, 1.807) is 7.11 Å². The van der Waals surface area contributed by atoms with E-state index in [0.717, 1.165) is 67.4 Å². The lowest BCUT2D eigenvalue weighted by Crippen LogP contribution is -2.47. The predicted molar refractivity (Wildman–Crippen MR) is 131 cm³/mol. The first-order valence-electron chi connectivity index (χ1n) is 10.9. The third-order valence-electron chi connectivity index (χ3n) is 5.41. The van der Waals surface area contributed by atoms with Crippen molar-refractivity contribution in [1.82, 2.24) is 25.4 Å². The van der Waals surface area contributed by atoms with Gasteiger partial charge in [0.1, 0.15) is 18.2 Å². The lowest BCUT2D eigenvalue weighted by atomic mass is 10.1. The maximum Gasteiger partial charge on any atom is 0.191 e. The zero-order valence-corrected chi connectivity index (χ0v) is 20.7. The summed E-state index contributed by atoms with van der Waals surface area (Å²) in [6.07, 6.45) is 4.47. The van der Waals surface area contributed by atoms with E-state index in [9.17, 15) is 0 Å². The second-order valence-electron chi connectivity index (χ2n) is 8.00. The molecule has 0 amide bonds. The van der Waals surface area contributed by atoms with Gasteiger partial charge in [0.15, 0.2) is 11.8 Å². The highest BCUT2D eigenvalue weighted by Crippen LogP contribution is 2.30. The number of hydrogen-bond acceptors (Lipinski definition) is 5. The van der Waals surface area contributed by atoms with E-state index in [0.29, 0.717) is 13.2 Å². The average Bonchev–Trinajstić information content (AvgIpc) is 3.50. The first-order chi connectivity index (χ1) is 14.7. The van der Waals surface area contributed by atoms with Crippen LogP contribution in [-0.4, -0.2) is 47.0 Å². The summed E-state index contributed by atoms with van der Waals surface area (Å²) >= 11 is 0. The molecule has 2 aromatic rings. The van der Waals surface area contributed by atoms with Crippen molar-refractivity contribution >= 4 is 29.9 Å². The Morgan fingerprint density at radius 3 is 2.87 bits per heavy atom. The van der Waals surface area contributed by atoms with Crippen LogP contribution in [0.4, 0.5) is 0 Å². The number of fused-ring (bicyclic) bond motifs is 1. The summed E-state index contributed by atoms with van der Waals surface area (Å²) < 4.78 is 13.2. The predicted octanol–water partition coefficient (Wildman–Crippen LogP) is 2.90. The highest BCUT2D eigenvalue weighted by atomic mass is 127. The Hall–Kier alpha value is -1.88. The van der Waals surface area contributed by atoms with Gasteiger partial charge < -0.3 is 20.1 Å². The number of methoxy groups -OCH3 is 1. The number of guanidine groups is 1. The maximum atomic E-state index is 6.03. The van der Waals surface area contributed by atoms with E-state index < -0.39 is 0 Å². The fourth-order valence-electron chi connectivity index (χ4n) is 3.61. The van der Waals surface area contributed by atoms with Crippen molar-refractivity contribution < 1.29 is 9.47 Å². The van der Waals surface area contributed by atoms with E-state index in [2.05, 4.69) is 33.7 Å². The Balaban J connectivity index is 0.00000272. The molecule has 0 bridgehead atoms. The molecule has 1 aromatic carbocycles. The number of aryl methyl sites for hydroxylation is 1. The maximum absolute atomic E-state index is 6.03. The number of nitrogens with zero attached hydrogens (tertiary/aromatic N) is 4. The highest BCUT2D eigenvalue weighted by molar-refractivity contribution is 14.0. The number of ether oxygens (including phenoxy) is 2. The van der Waals surface area contributed by atoms with Crippen LogP contribution in [-0.2, 0) is 30.9 Å². The van der Waals surface area contributed by atoms with Crippen molar-refractivity contribution in [3.8, 4) is 5.75 Å². The molecule has 9 heteroatoms. The summed E-state index contributed by atoms with van der Waals surface area (Å²) in [5.74, 6) is 4.28. The van der Waals surface area contributed by atoms with Gasteiger partial charge in [0.25, 0.3) is 0 Å². The van der Waals surface area contributed by atoms with Gasteiger partial charge in [-0.05, 0) is 38.2 Å². The quantitative estimate of drug-likeness (QED) is 0.289. The smallest absolute Gasteiger partial charge is 0.191 e. The summed E-state index contributed by atoms with van der Waals surface area (Å²) in [5, 5.41) is 11.5. The first-order valence-corrected chi connectivity index (χ1v) is 10.9. The van der Waals surface area contributed by atoms with Gasteiger partial charge in [-0.25, -0.2) is 14.7 Å². The number of nitrogens with one attached hydrogen (secondary N) is 2. The van der Waals surface area contributed by atoms with Crippen LogP contribution in [0, 0.1) is 5.92 Å². The van der Waals surface area contributed by atoms with E-state index in [4.69, 9.17) is 14.5 Å². The first kappa shape index (κ1) is 23.8. The molecule has 1 aliphatic carbocycles. The van der Waals surface area contributed by atoms with Crippen LogP contribution in [0.1, 0.15) is 43.4 Å². The number of aliphatic imine (C=N–C) groups is 1. The third kappa shape index (κ3) is 6.80. The van der Waals surface area contributed by atoms with Crippen molar-refractivity contribution in [2.45, 2.75) is 58.3 Å². The lowest BCUT2D eigenvalue weighted by molar-refractivity contribution is 0.177. The summed E-state index contributed by atoms with van der Waals surface area (Å²) in [5.41, 5.74) is 1.11. The van der Waals surface area contributed by atoms with E-state index in [1.807, 2.05) is 22.9 Å². The van der Waals surface area contributed by atoms with Gasteiger partial charge in [-0.15, -0.1) is 24.0 Å². The van der Waals surface area contributed by atoms with Crippen molar-refractivity contribution in [2.24, 2.45) is 10.9 Å². The van der Waals surface area contributed by atoms with Crippen LogP contribution in [0.15, 0.2) is 29.3 Å². The summed E-state index contributed by atoms with van der Waals surface area (Å²) in [7, 11) is 1.67. The van der Waals surface area contributed by atoms with E-state index >= 15 is 0 Å². The zero-order chi connectivity index (χ0) is 20.8. The van der Waals surface area contributed by atoms with Gasteiger partial charge >= 0.3 is 0 Å². The van der Waals surface area contributed by atoms with Gasteiger partial charge in [-0.3, -0.25) is 0 Å². The Kier molecular flexibility index (Phi) is 8.94. The summed E-state index contributed by atoms with van der Waals surface area (Å²) in [6.45, 7) is 5.51. The molecule has 0 radical (unpaired) electrons. The number of halogens is 1. The van der Waals surface area contributed by atoms with Gasteiger partial charge in [0.2, 0.25) is 0 Å². The zero-order valence-electron chi connectivity index (χ0n) is 18.3. The molecule has 170 valence electrons. The van der Waals surface area contributed by atoms with Crippen molar-refractivity contribution in [1.29, 1.82) is 0 Å². The second kappa shape index (κ2) is 11.7. The van der Waals surface area contributed by atoms with Crippen LogP contribution >= 0.6 is 24.0 Å². The van der Waals surface area contributed by atoms with Crippen LogP contribution in [0.2, 0.25) is 0 Å². The highest BCUT2D eigenvalue weighted by Gasteiger charge is 2.23. The Morgan fingerprint density at radius 2 is 2.10 bits per heavy atom. The monoisotopic (exact) mass is 540 g/mol. The van der Waals surface area contributed by atoms with Crippen molar-refractivity contribution in [3.05, 3.63) is 41.5 Å². The minimum Gasteiger partial charge on any atom is -0.493 e. The number of para-hydroxylation sites is 1. The molecule has 8 nitrogen and oxygen atoms in total. The summed E-state index contributed by atoms with van der Waals surface area (Å²) in [6, 6.07) is 8.45. The van der Waals surface area contributed by atoms with Gasteiger partial charge in [0.05, 0.1) is 19.7 Å². The molecule has 0 saturated heterocycles. The van der Waals surface area contributed by atoms with Crippen molar-refractivity contribution in [3.63, 3.8) is 0 Å². The van der Waals surface area contributed by atoms with Crippen LogP contribution < -0.4 is 15.4 Å². The molecule has 1 fully saturated rings. The molecule has 2 N–H and O–H groups in total. The van der Waals surface area contributed by atoms with Gasteiger partial charge in [0, 0.05) is 31.7 Å². The Morgan fingerprint density at radius 1 is 1.26 bits per heavy atom. The SMILES string of the molecule is CCNC(=NCc1ccccc1OCC1CC1)NC1CCc2nc(COC)nn2C1.I. The molecule has 1 unspecified atom stereocenters. The Bertz CT molecular complexity index is 867. The topological polar surface area (TPSA) is 85.6 Å². The van der Waals surface area contributed by atoms with Crippen LogP contribution in [0.3, 0.4) is 0 Å². The number of aromatic nitrogens is 3. The van der Waals surface area contributed by atoms with Crippen LogP contribution in [0.5, 0.6) is 5.75 Å². The number of hydrogen-bond donors (Lipinski definition) is 2. The second-order valence-corrected chi connectivity index (χ2v) is 8.00. The summed E-state index contributed by atoms with van der Waals surface area (Å²) in [4.78, 5) is 9.37. The normalized spacial score (nSPS) is 18.1. The molecule has 4 rings (SSSR count). The molecular formula is C22H33IN6O2.